The quantitative estimate of drug-likeness (QED) is 0.592. The van der Waals surface area contributed by atoms with Crippen molar-refractivity contribution in [3.63, 3.8) is 0 Å². The number of anilines is 1. The fraction of sp³-hybridized carbons (Fsp3) is 0.300. The van der Waals surface area contributed by atoms with Crippen LogP contribution < -0.4 is 10.1 Å². The molecule has 2 aromatic heterocycles. The van der Waals surface area contributed by atoms with E-state index in [-0.39, 0.29) is 17.5 Å². The number of thiazole rings is 1. The number of nitrogens with zero attached hydrogens (tertiary/aromatic N) is 2. The lowest BCUT2D eigenvalue weighted by atomic mass is 10.2. The van der Waals surface area contributed by atoms with E-state index in [9.17, 15) is 13.2 Å². The van der Waals surface area contributed by atoms with Crippen LogP contribution in [0.25, 0.3) is 0 Å². The number of furan rings is 1. The molecule has 0 bridgehead atoms. The molecule has 30 heavy (non-hydrogen) atoms. The van der Waals surface area contributed by atoms with E-state index in [0.29, 0.717) is 24.5 Å². The number of carbonyl (C=O) groups excluding carboxylic acids is 1. The third kappa shape index (κ3) is 4.55. The summed E-state index contributed by atoms with van der Waals surface area (Å²) in [5.41, 5.74) is 2.97. The average molecular weight is 448 g/mol. The molecule has 1 aliphatic rings. The van der Waals surface area contributed by atoms with Crippen LogP contribution in [0.5, 0.6) is 5.75 Å². The summed E-state index contributed by atoms with van der Waals surface area (Å²) in [5, 5.41) is 4.38. The number of aromatic nitrogens is 1. The Balaban J connectivity index is 1.46. The molecule has 1 fully saturated rings. The van der Waals surface area contributed by atoms with Gasteiger partial charge in [-0.3, -0.25) is 4.79 Å². The minimum Gasteiger partial charge on any atom is -0.485 e. The maximum absolute atomic E-state index is 12.7. The van der Waals surface area contributed by atoms with Gasteiger partial charge in [0.05, 0.1) is 16.9 Å². The Morgan fingerprint density at radius 3 is 2.73 bits per heavy atom. The predicted octanol–water partition coefficient (Wildman–Crippen LogP) is 3.74. The van der Waals surface area contributed by atoms with Gasteiger partial charge >= 0.3 is 0 Å². The molecule has 0 spiro atoms. The van der Waals surface area contributed by atoms with Crippen molar-refractivity contribution in [3.8, 4) is 5.75 Å². The van der Waals surface area contributed by atoms with Crippen LogP contribution in [-0.2, 0) is 16.6 Å². The average Bonchev–Trinajstić information content (AvgIpc) is 3.46. The van der Waals surface area contributed by atoms with Crippen molar-refractivity contribution in [3.05, 3.63) is 58.7 Å². The van der Waals surface area contributed by atoms with Crippen molar-refractivity contribution in [2.24, 2.45) is 0 Å². The molecule has 4 rings (SSSR count). The maximum atomic E-state index is 12.7. The summed E-state index contributed by atoms with van der Waals surface area (Å²) in [6.07, 6.45) is 2.66. The van der Waals surface area contributed by atoms with Gasteiger partial charge in [0.15, 0.2) is 5.76 Å². The summed E-state index contributed by atoms with van der Waals surface area (Å²) in [7, 11) is -3.73. The van der Waals surface area contributed by atoms with Gasteiger partial charge in [0.1, 0.15) is 12.4 Å². The Hall–Kier alpha value is -2.69. The van der Waals surface area contributed by atoms with Gasteiger partial charge in [-0.15, -0.1) is 11.3 Å². The number of carbonyl (C=O) groups is 1. The van der Waals surface area contributed by atoms with Crippen molar-refractivity contribution >= 4 is 33.0 Å². The van der Waals surface area contributed by atoms with Crippen LogP contribution in [0.4, 0.5) is 5.69 Å². The summed E-state index contributed by atoms with van der Waals surface area (Å²) >= 11 is 1.48. The highest BCUT2D eigenvalue weighted by atomic mass is 32.2. The van der Waals surface area contributed by atoms with Gasteiger partial charge < -0.3 is 14.5 Å². The van der Waals surface area contributed by atoms with Crippen molar-refractivity contribution in [2.45, 2.75) is 31.0 Å². The second kappa shape index (κ2) is 8.99. The molecule has 0 atom stereocenters. The molecule has 3 heterocycles. The molecule has 0 aliphatic carbocycles. The van der Waals surface area contributed by atoms with Gasteiger partial charge in [0.2, 0.25) is 5.09 Å². The van der Waals surface area contributed by atoms with E-state index >= 15 is 0 Å². The Labute approximate surface area is 178 Å². The number of benzene rings is 1. The lowest BCUT2D eigenvalue weighted by Crippen LogP contribution is -2.35. The number of hydrogen-bond donors (Lipinski definition) is 1. The molecule has 3 aromatic rings. The number of rotatable bonds is 7. The van der Waals surface area contributed by atoms with Crippen molar-refractivity contribution in [1.82, 2.24) is 9.29 Å². The summed E-state index contributed by atoms with van der Waals surface area (Å²) in [6.45, 7) is 1.21. The molecular weight excluding hydrogens is 426 g/mol. The smallest absolute Gasteiger partial charge is 0.291 e. The van der Waals surface area contributed by atoms with Crippen LogP contribution in [0.2, 0.25) is 0 Å². The Morgan fingerprint density at radius 1 is 1.17 bits per heavy atom. The largest absolute Gasteiger partial charge is 0.485 e. The van der Waals surface area contributed by atoms with E-state index in [2.05, 4.69) is 10.3 Å². The predicted molar refractivity (Wildman–Crippen MR) is 112 cm³/mol. The second-order valence-corrected chi connectivity index (χ2v) is 9.39. The first-order valence-corrected chi connectivity index (χ1v) is 11.9. The van der Waals surface area contributed by atoms with E-state index in [4.69, 9.17) is 9.15 Å². The Bertz CT molecular complexity index is 1100. The normalized spacial score (nSPS) is 15.1. The standard InChI is InChI=1S/C20H21N3O5S2/c24-20(18-8-9-19(28-18)30(25,26)23-10-4-1-5-11-23)22-16-6-2-3-7-17(16)27-12-15-13-29-14-21-15/h2-3,6-9,13-14H,1,4-5,10-12H2,(H,22,24). The van der Waals surface area contributed by atoms with Crippen molar-refractivity contribution in [1.29, 1.82) is 0 Å². The highest BCUT2D eigenvalue weighted by Crippen LogP contribution is 2.27. The first kappa shape index (κ1) is 20.6. The topological polar surface area (TPSA) is 102 Å². The molecule has 8 nitrogen and oxygen atoms in total. The molecule has 1 aromatic carbocycles. The molecular formula is C20H21N3O5S2. The molecule has 0 saturated carbocycles. The monoisotopic (exact) mass is 447 g/mol. The summed E-state index contributed by atoms with van der Waals surface area (Å²) in [4.78, 5) is 16.8. The maximum Gasteiger partial charge on any atom is 0.291 e. The van der Waals surface area contributed by atoms with Gasteiger partial charge in [-0.2, -0.15) is 4.31 Å². The molecule has 0 radical (unpaired) electrons. The second-order valence-electron chi connectivity index (χ2n) is 6.80. The van der Waals surface area contributed by atoms with E-state index < -0.39 is 15.9 Å². The van der Waals surface area contributed by atoms with E-state index in [1.807, 2.05) is 5.38 Å². The zero-order chi connectivity index (χ0) is 21.0. The minimum atomic E-state index is -3.73. The van der Waals surface area contributed by atoms with Crippen LogP contribution in [0.15, 0.2) is 56.8 Å². The van der Waals surface area contributed by atoms with Crippen LogP contribution in [-0.4, -0.2) is 36.7 Å². The van der Waals surface area contributed by atoms with Crippen LogP contribution >= 0.6 is 11.3 Å². The highest BCUT2D eigenvalue weighted by Gasteiger charge is 2.29. The highest BCUT2D eigenvalue weighted by molar-refractivity contribution is 7.89. The van der Waals surface area contributed by atoms with Crippen LogP contribution in [0.3, 0.4) is 0 Å². The number of amides is 1. The number of nitrogens with one attached hydrogen (secondary N) is 1. The molecule has 0 unspecified atom stereocenters. The fourth-order valence-electron chi connectivity index (χ4n) is 3.15. The summed E-state index contributed by atoms with van der Waals surface area (Å²) < 4.78 is 38.0. The zero-order valence-electron chi connectivity index (χ0n) is 16.1. The third-order valence-electron chi connectivity index (χ3n) is 4.71. The number of ether oxygens (including phenoxy) is 1. The van der Waals surface area contributed by atoms with E-state index in [1.165, 1.54) is 27.8 Å². The molecule has 1 saturated heterocycles. The molecule has 1 amide bonds. The van der Waals surface area contributed by atoms with Gasteiger partial charge in [-0.1, -0.05) is 18.6 Å². The molecule has 10 heteroatoms. The Morgan fingerprint density at radius 2 is 1.97 bits per heavy atom. The summed E-state index contributed by atoms with van der Waals surface area (Å²) in [5.74, 6) is -0.161. The third-order valence-corrected chi connectivity index (χ3v) is 7.12. The fourth-order valence-corrected chi connectivity index (χ4v) is 5.13. The van der Waals surface area contributed by atoms with E-state index in [1.54, 1.807) is 29.8 Å². The minimum absolute atomic E-state index is 0.0834. The lowest BCUT2D eigenvalue weighted by molar-refractivity contribution is 0.0990. The van der Waals surface area contributed by atoms with Gasteiger partial charge in [-0.25, -0.2) is 13.4 Å². The van der Waals surface area contributed by atoms with E-state index in [0.717, 1.165) is 25.0 Å². The molecule has 1 N–H and O–H groups in total. The molecule has 1 aliphatic heterocycles. The lowest BCUT2D eigenvalue weighted by Gasteiger charge is -2.24. The number of piperidine rings is 1. The van der Waals surface area contributed by atoms with Gasteiger partial charge in [0, 0.05) is 18.5 Å². The SMILES string of the molecule is O=C(Nc1ccccc1OCc1cscn1)c1ccc(S(=O)(=O)N2CCCCC2)o1. The van der Waals surface area contributed by atoms with Crippen molar-refractivity contribution < 1.29 is 22.4 Å². The molecule has 158 valence electrons. The number of para-hydroxylation sites is 2. The van der Waals surface area contributed by atoms with Gasteiger partial charge in [0.25, 0.3) is 15.9 Å². The van der Waals surface area contributed by atoms with Crippen LogP contribution in [0.1, 0.15) is 35.5 Å². The number of sulfonamides is 1. The van der Waals surface area contributed by atoms with Crippen LogP contribution in [0, 0.1) is 0 Å². The van der Waals surface area contributed by atoms with Crippen molar-refractivity contribution in [2.75, 3.05) is 18.4 Å². The zero-order valence-corrected chi connectivity index (χ0v) is 17.7. The number of hydrogen-bond acceptors (Lipinski definition) is 7. The Kier molecular flexibility index (Phi) is 6.16. The first-order valence-electron chi connectivity index (χ1n) is 9.54. The first-order chi connectivity index (χ1) is 14.5. The van der Waals surface area contributed by atoms with Gasteiger partial charge in [-0.05, 0) is 37.1 Å². The summed E-state index contributed by atoms with van der Waals surface area (Å²) in [6, 6.07) is 9.68.